The van der Waals surface area contributed by atoms with Crippen molar-refractivity contribution in [3.63, 3.8) is 0 Å². The van der Waals surface area contributed by atoms with Crippen molar-refractivity contribution in [2.45, 2.75) is 41.5 Å². The molecular weight excluding hydrogens is 158 g/mol. The van der Waals surface area contributed by atoms with Crippen molar-refractivity contribution in [1.82, 2.24) is 4.90 Å². The summed E-state index contributed by atoms with van der Waals surface area (Å²) in [4.78, 5) is 2.40. The summed E-state index contributed by atoms with van der Waals surface area (Å²) >= 11 is 0. The average molecular weight is 185 g/mol. The van der Waals surface area contributed by atoms with Gasteiger partial charge in [-0.05, 0) is 24.3 Å². The molecule has 0 aromatic carbocycles. The van der Waals surface area contributed by atoms with E-state index in [1.807, 2.05) is 13.8 Å². The van der Waals surface area contributed by atoms with Gasteiger partial charge in [0.05, 0.1) is 0 Å². The van der Waals surface area contributed by atoms with E-state index in [4.69, 9.17) is 0 Å². The molecule has 0 saturated carbocycles. The third kappa shape index (κ3) is 2.98. The van der Waals surface area contributed by atoms with Crippen LogP contribution in [0.3, 0.4) is 0 Å². The monoisotopic (exact) mass is 185 g/mol. The van der Waals surface area contributed by atoms with E-state index in [1.54, 1.807) is 0 Å². The highest BCUT2D eigenvalue weighted by Crippen LogP contribution is 2.39. The fourth-order valence-electron chi connectivity index (χ4n) is 1.64. The molecule has 0 aromatic rings. The SMILES string of the molecule is CC.CC(C)C(C)(C)C1CN(C)C1. The molecule has 0 N–H and O–H groups in total. The highest BCUT2D eigenvalue weighted by atomic mass is 15.2. The molecule has 0 bridgehead atoms. The molecule has 0 atom stereocenters. The Labute approximate surface area is 84.5 Å². The largest absolute Gasteiger partial charge is 0.306 e. The first-order valence-corrected chi connectivity index (χ1v) is 5.63. The lowest BCUT2D eigenvalue weighted by Gasteiger charge is -2.48. The van der Waals surface area contributed by atoms with Gasteiger partial charge in [-0.3, -0.25) is 0 Å². The molecule has 0 amide bonds. The minimum absolute atomic E-state index is 0.534. The predicted molar refractivity (Wildman–Crippen MR) is 61.0 cm³/mol. The molecule has 1 aliphatic rings. The molecule has 1 saturated heterocycles. The van der Waals surface area contributed by atoms with Gasteiger partial charge >= 0.3 is 0 Å². The quantitative estimate of drug-likeness (QED) is 0.638. The van der Waals surface area contributed by atoms with Crippen molar-refractivity contribution in [1.29, 1.82) is 0 Å². The minimum atomic E-state index is 0.534. The molecule has 0 aromatic heterocycles. The van der Waals surface area contributed by atoms with E-state index in [-0.39, 0.29) is 0 Å². The van der Waals surface area contributed by atoms with Crippen LogP contribution in [-0.4, -0.2) is 25.0 Å². The highest BCUT2D eigenvalue weighted by molar-refractivity contribution is 4.90. The van der Waals surface area contributed by atoms with E-state index in [1.165, 1.54) is 13.1 Å². The van der Waals surface area contributed by atoms with Crippen molar-refractivity contribution in [3.05, 3.63) is 0 Å². The summed E-state index contributed by atoms with van der Waals surface area (Å²) in [7, 11) is 2.20. The lowest BCUT2D eigenvalue weighted by molar-refractivity contribution is 0.00626. The second kappa shape index (κ2) is 4.99. The lowest BCUT2D eigenvalue weighted by atomic mass is 9.68. The van der Waals surface area contributed by atoms with E-state index in [0.29, 0.717) is 5.41 Å². The zero-order valence-corrected chi connectivity index (χ0v) is 10.5. The summed E-state index contributed by atoms with van der Waals surface area (Å²) in [6.07, 6.45) is 0. The normalized spacial score (nSPS) is 19.4. The van der Waals surface area contributed by atoms with E-state index in [0.717, 1.165) is 11.8 Å². The Hall–Kier alpha value is -0.0400. The summed E-state index contributed by atoms with van der Waals surface area (Å²) in [6, 6.07) is 0. The average Bonchev–Trinajstić information content (AvgIpc) is 2.02. The van der Waals surface area contributed by atoms with Crippen molar-refractivity contribution in [2.75, 3.05) is 20.1 Å². The first-order valence-electron chi connectivity index (χ1n) is 5.63. The number of hydrogen-bond acceptors (Lipinski definition) is 1. The van der Waals surface area contributed by atoms with Gasteiger partial charge < -0.3 is 4.90 Å². The first kappa shape index (κ1) is 13.0. The van der Waals surface area contributed by atoms with E-state index in [2.05, 4.69) is 39.6 Å². The van der Waals surface area contributed by atoms with E-state index < -0.39 is 0 Å². The Morgan fingerprint density at radius 2 is 1.54 bits per heavy atom. The maximum atomic E-state index is 2.40. The molecule has 13 heavy (non-hydrogen) atoms. The van der Waals surface area contributed by atoms with Crippen molar-refractivity contribution < 1.29 is 0 Å². The molecule has 1 fully saturated rings. The molecule has 0 aliphatic carbocycles. The van der Waals surface area contributed by atoms with Gasteiger partial charge in [0.15, 0.2) is 0 Å². The van der Waals surface area contributed by atoms with Crippen molar-refractivity contribution in [3.8, 4) is 0 Å². The Morgan fingerprint density at radius 3 is 1.77 bits per heavy atom. The first-order chi connectivity index (χ1) is 5.94. The molecule has 1 aliphatic heterocycles. The van der Waals surface area contributed by atoms with Gasteiger partial charge in [0.25, 0.3) is 0 Å². The lowest BCUT2D eigenvalue weighted by Crippen LogP contribution is -2.52. The fourth-order valence-corrected chi connectivity index (χ4v) is 1.64. The van der Waals surface area contributed by atoms with Gasteiger partial charge in [-0.2, -0.15) is 0 Å². The molecule has 1 heterocycles. The summed E-state index contributed by atoms with van der Waals surface area (Å²) in [6.45, 7) is 16.1. The summed E-state index contributed by atoms with van der Waals surface area (Å²) in [5.41, 5.74) is 0.534. The number of hydrogen-bond donors (Lipinski definition) is 0. The van der Waals surface area contributed by atoms with Gasteiger partial charge in [-0.15, -0.1) is 0 Å². The third-order valence-electron chi connectivity index (χ3n) is 3.60. The van der Waals surface area contributed by atoms with Crippen LogP contribution in [-0.2, 0) is 0 Å². The molecule has 1 nitrogen and oxygen atoms in total. The maximum absolute atomic E-state index is 2.40. The highest BCUT2D eigenvalue weighted by Gasteiger charge is 2.38. The number of rotatable bonds is 2. The predicted octanol–water partition coefficient (Wildman–Crippen LogP) is 3.26. The Morgan fingerprint density at radius 1 is 1.15 bits per heavy atom. The van der Waals surface area contributed by atoms with Crippen molar-refractivity contribution >= 4 is 0 Å². The molecule has 1 rings (SSSR count). The van der Waals surface area contributed by atoms with Crippen molar-refractivity contribution in [2.24, 2.45) is 17.3 Å². The topological polar surface area (TPSA) is 3.24 Å². The number of likely N-dealkylation sites (tertiary alicyclic amines) is 1. The van der Waals surface area contributed by atoms with Gasteiger partial charge in [0.1, 0.15) is 0 Å². The Balaban J connectivity index is 0.000000671. The molecule has 80 valence electrons. The zero-order chi connectivity index (χ0) is 10.6. The molecule has 0 radical (unpaired) electrons. The Kier molecular flexibility index (Phi) is 4.98. The smallest absolute Gasteiger partial charge is 0.00242 e. The van der Waals surface area contributed by atoms with Crippen LogP contribution >= 0.6 is 0 Å². The van der Waals surface area contributed by atoms with E-state index in [9.17, 15) is 0 Å². The standard InChI is InChI=1S/C10H21N.C2H6/c1-8(2)10(3,4)9-6-11(5)7-9;1-2/h8-9H,6-7H2,1-5H3;1-2H3. The van der Waals surface area contributed by atoms with Crippen LogP contribution in [0.1, 0.15) is 41.5 Å². The van der Waals surface area contributed by atoms with Crippen LogP contribution in [0.5, 0.6) is 0 Å². The maximum Gasteiger partial charge on any atom is 0.00242 e. The van der Waals surface area contributed by atoms with Crippen LogP contribution in [0.2, 0.25) is 0 Å². The third-order valence-corrected chi connectivity index (χ3v) is 3.60. The molecular formula is C12H27N. The van der Waals surface area contributed by atoms with Crippen LogP contribution < -0.4 is 0 Å². The van der Waals surface area contributed by atoms with Gasteiger partial charge in [0, 0.05) is 13.1 Å². The van der Waals surface area contributed by atoms with Gasteiger partial charge in [-0.25, -0.2) is 0 Å². The zero-order valence-electron chi connectivity index (χ0n) is 10.5. The van der Waals surface area contributed by atoms with Gasteiger partial charge in [-0.1, -0.05) is 41.5 Å². The minimum Gasteiger partial charge on any atom is -0.306 e. The molecule has 1 heteroatoms. The summed E-state index contributed by atoms with van der Waals surface area (Å²) in [5, 5.41) is 0. The van der Waals surface area contributed by atoms with Gasteiger partial charge in [0.2, 0.25) is 0 Å². The summed E-state index contributed by atoms with van der Waals surface area (Å²) < 4.78 is 0. The molecule has 0 unspecified atom stereocenters. The fraction of sp³-hybridized carbons (Fsp3) is 1.00. The Bertz CT molecular complexity index is 132. The van der Waals surface area contributed by atoms with E-state index >= 15 is 0 Å². The van der Waals surface area contributed by atoms with Crippen LogP contribution in [0, 0.1) is 17.3 Å². The summed E-state index contributed by atoms with van der Waals surface area (Å²) in [5.74, 6) is 1.73. The van der Waals surface area contributed by atoms with Crippen LogP contribution in [0.4, 0.5) is 0 Å². The second-order valence-corrected chi connectivity index (χ2v) is 4.89. The number of nitrogens with zero attached hydrogens (tertiary/aromatic N) is 1. The molecule has 0 spiro atoms. The van der Waals surface area contributed by atoms with Crippen LogP contribution in [0.25, 0.3) is 0 Å². The van der Waals surface area contributed by atoms with Crippen LogP contribution in [0.15, 0.2) is 0 Å². The second-order valence-electron chi connectivity index (χ2n) is 4.89.